The number of aromatic nitrogens is 1. The molecule has 2 atom stereocenters. The molecule has 2 heteroatoms. The molecule has 1 aliphatic heterocycles. The number of piperidine rings is 1. The van der Waals surface area contributed by atoms with E-state index in [1.165, 1.54) is 46.9 Å². The van der Waals surface area contributed by atoms with Crippen LogP contribution in [-0.4, -0.2) is 22.6 Å². The number of hydrogen-bond donors (Lipinski definition) is 0. The zero-order valence-corrected chi connectivity index (χ0v) is 15.1. The SMILES string of the molecule is CCn1c2ccccc2c2cc(CN3C[C@H](C)C[C@H](C)C3)ccc21. The quantitative estimate of drug-likeness (QED) is 0.636. The molecule has 0 saturated carbocycles. The molecule has 24 heavy (non-hydrogen) atoms. The Balaban J connectivity index is 1.72. The first-order valence-corrected chi connectivity index (χ1v) is 9.38. The minimum atomic E-state index is 0.819. The zero-order valence-electron chi connectivity index (χ0n) is 15.1. The molecule has 0 unspecified atom stereocenters. The van der Waals surface area contributed by atoms with E-state index in [9.17, 15) is 0 Å². The Morgan fingerprint density at radius 1 is 0.917 bits per heavy atom. The molecular weight excluding hydrogens is 292 g/mol. The predicted octanol–water partition coefficient (Wildman–Crippen LogP) is 5.29. The van der Waals surface area contributed by atoms with E-state index in [4.69, 9.17) is 0 Å². The van der Waals surface area contributed by atoms with Crippen molar-refractivity contribution in [3.05, 3.63) is 48.0 Å². The average molecular weight is 320 g/mol. The highest BCUT2D eigenvalue weighted by molar-refractivity contribution is 6.08. The van der Waals surface area contributed by atoms with Crippen LogP contribution >= 0.6 is 0 Å². The Labute approximate surface area is 145 Å². The van der Waals surface area contributed by atoms with E-state index >= 15 is 0 Å². The lowest BCUT2D eigenvalue weighted by molar-refractivity contribution is 0.134. The summed E-state index contributed by atoms with van der Waals surface area (Å²) in [5.74, 6) is 1.64. The van der Waals surface area contributed by atoms with Gasteiger partial charge in [0.15, 0.2) is 0 Å². The van der Waals surface area contributed by atoms with Crippen LogP contribution in [0, 0.1) is 11.8 Å². The third kappa shape index (κ3) is 2.73. The molecule has 0 N–H and O–H groups in total. The minimum absolute atomic E-state index is 0.819. The summed E-state index contributed by atoms with van der Waals surface area (Å²) in [7, 11) is 0. The number of aryl methyl sites for hydroxylation is 1. The zero-order chi connectivity index (χ0) is 16.7. The lowest BCUT2D eigenvalue weighted by Crippen LogP contribution is -2.38. The van der Waals surface area contributed by atoms with Crippen molar-refractivity contribution in [2.45, 2.75) is 40.3 Å². The van der Waals surface area contributed by atoms with E-state index in [1.807, 2.05) is 0 Å². The summed E-state index contributed by atoms with van der Waals surface area (Å²) in [6.45, 7) is 11.6. The Hall–Kier alpha value is -1.80. The van der Waals surface area contributed by atoms with E-state index in [0.717, 1.165) is 24.9 Å². The van der Waals surface area contributed by atoms with Crippen LogP contribution in [0.5, 0.6) is 0 Å². The lowest BCUT2D eigenvalue weighted by Gasteiger charge is -2.35. The summed E-state index contributed by atoms with van der Waals surface area (Å²) in [5, 5.41) is 2.79. The minimum Gasteiger partial charge on any atom is -0.341 e. The summed E-state index contributed by atoms with van der Waals surface area (Å²) in [6, 6.07) is 15.9. The van der Waals surface area contributed by atoms with E-state index in [2.05, 4.69) is 72.7 Å². The Morgan fingerprint density at radius 3 is 2.38 bits per heavy atom. The van der Waals surface area contributed by atoms with Gasteiger partial charge >= 0.3 is 0 Å². The molecule has 2 nitrogen and oxygen atoms in total. The highest BCUT2D eigenvalue weighted by Gasteiger charge is 2.22. The van der Waals surface area contributed by atoms with Crippen molar-refractivity contribution in [1.82, 2.24) is 9.47 Å². The average Bonchev–Trinajstić information content (AvgIpc) is 2.87. The Kier molecular flexibility index (Phi) is 4.09. The van der Waals surface area contributed by atoms with Crippen molar-refractivity contribution in [2.75, 3.05) is 13.1 Å². The molecule has 3 aromatic rings. The van der Waals surface area contributed by atoms with Gasteiger partial charge in [-0.05, 0) is 48.9 Å². The summed E-state index contributed by atoms with van der Waals surface area (Å²) in [5.41, 5.74) is 4.16. The van der Waals surface area contributed by atoms with Gasteiger partial charge in [0.1, 0.15) is 0 Å². The molecule has 1 aromatic heterocycles. The summed E-state index contributed by atoms with van der Waals surface area (Å²) in [4.78, 5) is 2.64. The van der Waals surface area contributed by atoms with Gasteiger partial charge in [0, 0.05) is 48.0 Å². The molecule has 2 aromatic carbocycles. The third-order valence-corrected chi connectivity index (χ3v) is 5.50. The standard InChI is InChI=1S/C22H28N2/c1-4-24-21-8-6-5-7-19(21)20-12-18(9-10-22(20)24)15-23-13-16(2)11-17(3)14-23/h5-10,12,16-17H,4,11,13-15H2,1-3H3/t16-,17+. The molecule has 2 heterocycles. The molecular formula is C22H28N2. The number of para-hydroxylation sites is 1. The predicted molar refractivity (Wildman–Crippen MR) is 103 cm³/mol. The second-order valence-electron chi connectivity index (χ2n) is 7.75. The molecule has 0 spiro atoms. The molecule has 1 saturated heterocycles. The van der Waals surface area contributed by atoms with Gasteiger partial charge in [-0.2, -0.15) is 0 Å². The fourth-order valence-corrected chi connectivity index (χ4v) is 4.72. The van der Waals surface area contributed by atoms with Crippen molar-refractivity contribution in [3.8, 4) is 0 Å². The second-order valence-corrected chi connectivity index (χ2v) is 7.75. The van der Waals surface area contributed by atoms with Gasteiger partial charge in [-0.15, -0.1) is 0 Å². The number of fused-ring (bicyclic) bond motifs is 3. The highest BCUT2D eigenvalue weighted by atomic mass is 15.1. The number of rotatable bonds is 3. The van der Waals surface area contributed by atoms with Crippen LogP contribution in [0.2, 0.25) is 0 Å². The van der Waals surface area contributed by atoms with Crippen LogP contribution in [-0.2, 0) is 13.1 Å². The number of likely N-dealkylation sites (tertiary alicyclic amines) is 1. The molecule has 4 rings (SSSR count). The Bertz CT molecular complexity index is 851. The van der Waals surface area contributed by atoms with Crippen molar-refractivity contribution in [1.29, 1.82) is 0 Å². The first-order valence-electron chi connectivity index (χ1n) is 9.38. The Morgan fingerprint density at radius 2 is 1.62 bits per heavy atom. The van der Waals surface area contributed by atoms with Crippen LogP contribution < -0.4 is 0 Å². The normalized spacial score (nSPS) is 22.5. The van der Waals surface area contributed by atoms with Gasteiger partial charge < -0.3 is 4.57 Å². The molecule has 0 aliphatic carbocycles. The first kappa shape index (κ1) is 15.7. The summed E-state index contributed by atoms with van der Waals surface area (Å²) in [6.07, 6.45) is 1.37. The van der Waals surface area contributed by atoms with Crippen LogP contribution in [0.3, 0.4) is 0 Å². The smallest absolute Gasteiger partial charge is 0.0491 e. The van der Waals surface area contributed by atoms with E-state index in [1.54, 1.807) is 0 Å². The third-order valence-electron chi connectivity index (χ3n) is 5.50. The van der Waals surface area contributed by atoms with Crippen LogP contribution in [0.4, 0.5) is 0 Å². The number of nitrogens with zero attached hydrogens (tertiary/aromatic N) is 2. The van der Waals surface area contributed by atoms with Gasteiger partial charge in [-0.1, -0.05) is 38.1 Å². The maximum absolute atomic E-state index is 2.64. The van der Waals surface area contributed by atoms with Crippen molar-refractivity contribution in [3.63, 3.8) is 0 Å². The second kappa shape index (κ2) is 6.25. The van der Waals surface area contributed by atoms with Crippen LogP contribution in [0.1, 0.15) is 32.8 Å². The number of hydrogen-bond acceptors (Lipinski definition) is 1. The van der Waals surface area contributed by atoms with Crippen molar-refractivity contribution >= 4 is 21.8 Å². The van der Waals surface area contributed by atoms with Crippen LogP contribution in [0.15, 0.2) is 42.5 Å². The van der Waals surface area contributed by atoms with E-state index in [0.29, 0.717) is 0 Å². The fourth-order valence-electron chi connectivity index (χ4n) is 4.72. The maximum atomic E-state index is 2.64. The topological polar surface area (TPSA) is 8.17 Å². The highest BCUT2D eigenvalue weighted by Crippen LogP contribution is 2.30. The monoisotopic (exact) mass is 320 g/mol. The summed E-state index contributed by atoms with van der Waals surface area (Å²) < 4.78 is 2.43. The van der Waals surface area contributed by atoms with Gasteiger partial charge in [-0.3, -0.25) is 4.90 Å². The molecule has 126 valence electrons. The van der Waals surface area contributed by atoms with E-state index in [-0.39, 0.29) is 0 Å². The van der Waals surface area contributed by atoms with E-state index < -0.39 is 0 Å². The largest absolute Gasteiger partial charge is 0.341 e. The maximum Gasteiger partial charge on any atom is 0.0491 e. The van der Waals surface area contributed by atoms with Gasteiger partial charge in [0.25, 0.3) is 0 Å². The molecule has 0 amide bonds. The molecule has 0 bridgehead atoms. The number of benzene rings is 2. The molecule has 1 aliphatic rings. The summed E-state index contributed by atoms with van der Waals surface area (Å²) >= 11 is 0. The first-order chi connectivity index (χ1) is 11.7. The van der Waals surface area contributed by atoms with Gasteiger partial charge in [-0.25, -0.2) is 0 Å². The van der Waals surface area contributed by atoms with Crippen molar-refractivity contribution in [2.24, 2.45) is 11.8 Å². The molecule has 0 radical (unpaired) electrons. The lowest BCUT2D eigenvalue weighted by atomic mass is 9.91. The van der Waals surface area contributed by atoms with Crippen LogP contribution in [0.25, 0.3) is 21.8 Å². The fraction of sp³-hybridized carbons (Fsp3) is 0.455. The van der Waals surface area contributed by atoms with Crippen molar-refractivity contribution < 1.29 is 0 Å². The molecule has 1 fully saturated rings. The van der Waals surface area contributed by atoms with Gasteiger partial charge in [0.05, 0.1) is 0 Å². The van der Waals surface area contributed by atoms with Gasteiger partial charge in [0.2, 0.25) is 0 Å².